The molecule has 0 aliphatic carbocycles. The Hall–Kier alpha value is -3.42. The topological polar surface area (TPSA) is 102 Å². The van der Waals surface area contributed by atoms with Gasteiger partial charge in [-0.2, -0.15) is 5.10 Å². The molecule has 150 valence electrons. The Balaban J connectivity index is 1.30. The van der Waals surface area contributed by atoms with Crippen LogP contribution in [-0.4, -0.2) is 32.8 Å². The molecule has 8 heteroatoms. The SMILES string of the molecule is Cc1noc(C)c1CC(=O)NC1Cc2cc(C(=O)NCc3ccccc3)nn2C1. The van der Waals surface area contributed by atoms with E-state index < -0.39 is 0 Å². The Kier molecular flexibility index (Phi) is 5.16. The standard InChI is InChI=1S/C21H23N5O3/c1-13-18(14(2)29-25-13)10-20(27)23-16-8-17-9-19(24-26(17)12-16)21(28)22-11-15-6-4-3-5-7-15/h3-7,9,16H,8,10-12H2,1-2H3,(H,22,28)(H,23,27). The first-order valence-corrected chi connectivity index (χ1v) is 9.59. The van der Waals surface area contributed by atoms with Gasteiger partial charge in [0.2, 0.25) is 5.91 Å². The van der Waals surface area contributed by atoms with Gasteiger partial charge in [0.1, 0.15) is 11.5 Å². The monoisotopic (exact) mass is 393 g/mol. The minimum Gasteiger partial charge on any atom is -0.361 e. The summed E-state index contributed by atoms with van der Waals surface area (Å²) in [7, 11) is 0. The molecule has 0 bridgehead atoms. The summed E-state index contributed by atoms with van der Waals surface area (Å²) in [6.07, 6.45) is 0.888. The van der Waals surface area contributed by atoms with Crippen LogP contribution in [0.15, 0.2) is 40.9 Å². The summed E-state index contributed by atoms with van der Waals surface area (Å²) in [6, 6.07) is 11.5. The van der Waals surface area contributed by atoms with Crippen molar-refractivity contribution in [2.24, 2.45) is 0 Å². The zero-order chi connectivity index (χ0) is 20.4. The van der Waals surface area contributed by atoms with E-state index in [1.54, 1.807) is 17.7 Å². The van der Waals surface area contributed by atoms with Crippen LogP contribution in [0.4, 0.5) is 0 Å². The summed E-state index contributed by atoms with van der Waals surface area (Å²) >= 11 is 0. The Bertz CT molecular complexity index is 995. The first-order chi connectivity index (χ1) is 14.0. The van der Waals surface area contributed by atoms with E-state index in [1.807, 2.05) is 37.3 Å². The minimum absolute atomic E-state index is 0.0353. The normalized spacial score (nSPS) is 15.2. The first kappa shape index (κ1) is 18.9. The van der Waals surface area contributed by atoms with E-state index in [9.17, 15) is 9.59 Å². The summed E-state index contributed by atoms with van der Waals surface area (Å²) in [5, 5.41) is 14.2. The van der Waals surface area contributed by atoms with Gasteiger partial charge in [-0.3, -0.25) is 14.3 Å². The molecule has 0 spiro atoms. The van der Waals surface area contributed by atoms with E-state index in [-0.39, 0.29) is 24.3 Å². The molecular weight excluding hydrogens is 370 g/mol. The van der Waals surface area contributed by atoms with Crippen molar-refractivity contribution < 1.29 is 14.1 Å². The zero-order valence-corrected chi connectivity index (χ0v) is 16.4. The van der Waals surface area contributed by atoms with Gasteiger partial charge in [-0.25, -0.2) is 0 Å². The minimum atomic E-state index is -0.199. The first-order valence-electron chi connectivity index (χ1n) is 9.59. The summed E-state index contributed by atoms with van der Waals surface area (Å²) in [4.78, 5) is 24.7. The van der Waals surface area contributed by atoms with E-state index in [1.165, 1.54) is 0 Å². The molecule has 2 aromatic heterocycles. The average Bonchev–Trinajstić information content (AvgIpc) is 3.36. The number of carbonyl (C=O) groups is 2. The van der Waals surface area contributed by atoms with Gasteiger partial charge in [0.15, 0.2) is 0 Å². The lowest BCUT2D eigenvalue weighted by atomic mass is 10.1. The predicted molar refractivity (Wildman–Crippen MR) is 105 cm³/mol. The van der Waals surface area contributed by atoms with Gasteiger partial charge in [-0.15, -0.1) is 0 Å². The van der Waals surface area contributed by atoms with Crippen LogP contribution in [0.3, 0.4) is 0 Å². The van der Waals surface area contributed by atoms with Crippen molar-refractivity contribution in [3.63, 3.8) is 0 Å². The third-order valence-corrected chi connectivity index (χ3v) is 5.12. The third-order valence-electron chi connectivity index (χ3n) is 5.12. The van der Waals surface area contributed by atoms with Crippen molar-refractivity contribution in [3.8, 4) is 0 Å². The molecule has 3 heterocycles. The molecule has 1 aliphatic rings. The average molecular weight is 393 g/mol. The quantitative estimate of drug-likeness (QED) is 0.664. The maximum Gasteiger partial charge on any atom is 0.272 e. The van der Waals surface area contributed by atoms with Crippen LogP contribution in [0, 0.1) is 13.8 Å². The van der Waals surface area contributed by atoms with Gasteiger partial charge in [-0.05, 0) is 25.5 Å². The molecule has 1 atom stereocenters. The van der Waals surface area contributed by atoms with Crippen LogP contribution in [0.25, 0.3) is 0 Å². The molecule has 0 radical (unpaired) electrons. The molecule has 0 saturated heterocycles. The lowest BCUT2D eigenvalue weighted by molar-refractivity contribution is -0.121. The highest BCUT2D eigenvalue weighted by molar-refractivity contribution is 5.92. The van der Waals surface area contributed by atoms with Gasteiger partial charge >= 0.3 is 0 Å². The van der Waals surface area contributed by atoms with Crippen LogP contribution in [-0.2, 0) is 30.7 Å². The van der Waals surface area contributed by atoms with E-state index in [0.717, 1.165) is 22.5 Å². The van der Waals surface area contributed by atoms with Crippen LogP contribution in [0.5, 0.6) is 0 Å². The summed E-state index contributed by atoms with van der Waals surface area (Å²) in [6.45, 7) is 4.64. The van der Waals surface area contributed by atoms with Crippen LogP contribution < -0.4 is 10.6 Å². The zero-order valence-electron chi connectivity index (χ0n) is 16.4. The van der Waals surface area contributed by atoms with Crippen LogP contribution in [0.2, 0.25) is 0 Å². The van der Waals surface area contributed by atoms with E-state index in [4.69, 9.17) is 4.52 Å². The van der Waals surface area contributed by atoms with Crippen molar-refractivity contribution in [1.82, 2.24) is 25.6 Å². The fourth-order valence-electron chi connectivity index (χ4n) is 3.57. The van der Waals surface area contributed by atoms with Gasteiger partial charge in [-0.1, -0.05) is 35.5 Å². The number of amides is 2. The number of nitrogens with one attached hydrogen (secondary N) is 2. The van der Waals surface area contributed by atoms with Crippen molar-refractivity contribution >= 4 is 11.8 Å². The summed E-state index contributed by atoms with van der Waals surface area (Å²) in [5.74, 6) is 0.397. The van der Waals surface area contributed by atoms with Gasteiger partial charge in [0.05, 0.1) is 24.7 Å². The second kappa shape index (κ2) is 7.90. The van der Waals surface area contributed by atoms with Crippen molar-refractivity contribution in [2.45, 2.75) is 45.8 Å². The highest BCUT2D eigenvalue weighted by Gasteiger charge is 2.27. The number of hydrogen-bond acceptors (Lipinski definition) is 5. The third kappa shape index (κ3) is 4.21. The number of rotatable bonds is 6. The molecule has 0 fully saturated rings. The highest BCUT2D eigenvalue weighted by atomic mass is 16.5. The number of aromatic nitrogens is 3. The molecule has 29 heavy (non-hydrogen) atoms. The predicted octanol–water partition coefficient (Wildman–Crippen LogP) is 1.70. The molecular formula is C21H23N5O3. The number of nitrogens with zero attached hydrogens (tertiary/aromatic N) is 3. The molecule has 1 aliphatic heterocycles. The fourth-order valence-corrected chi connectivity index (χ4v) is 3.57. The molecule has 0 saturated carbocycles. The van der Waals surface area contributed by atoms with Crippen LogP contribution in [0.1, 0.15) is 38.8 Å². The van der Waals surface area contributed by atoms with Gasteiger partial charge in [0.25, 0.3) is 5.91 Å². The Labute approximate surface area is 168 Å². The van der Waals surface area contributed by atoms with Crippen LogP contribution >= 0.6 is 0 Å². The lowest BCUT2D eigenvalue weighted by Crippen LogP contribution is -2.37. The van der Waals surface area contributed by atoms with Crippen molar-refractivity contribution in [3.05, 3.63) is 70.4 Å². The smallest absolute Gasteiger partial charge is 0.272 e. The molecule has 4 rings (SSSR count). The van der Waals surface area contributed by atoms with Crippen molar-refractivity contribution in [2.75, 3.05) is 0 Å². The Morgan fingerprint density at radius 1 is 1.24 bits per heavy atom. The number of carbonyl (C=O) groups excluding carboxylic acids is 2. The number of fused-ring (bicyclic) bond motifs is 1. The van der Waals surface area contributed by atoms with E-state index in [0.29, 0.717) is 31.0 Å². The van der Waals surface area contributed by atoms with E-state index in [2.05, 4.69) is 20.9 Å². The number of hydrogen-bond donors (Lipinski definition) is 2. The van der Waals surface area contributed by atoms with E-state index >= 15 is 0 Å². The maximum atomic E-state index is 12.4. The molecule has 2 N–H and O–H groups in total. The summed E-state index contributed by atoms with van der Waals surface area (Å²) in [5.41, 5.74) is 3.95. The maximum absolute atomic E-state index is 12.4. The number of aryl methyl sites for hydroxylation is 2. The second-order valence-corrected chi connectivity index (χ2v) is 7.32. The molecule has 1 aromatic carbocycles. The van der Waals surface area contributed by atoms with Gasteiger partial charge < -0.3 is 15.2 Å². The molecule has 8 nitrogen and oxygen atoms in total. The Morgan fingerprint density at radius 2 is 2.03 bits per heavy atom. The Morgan fingerprint density at radius 3 is 2.72 bits per heavy atom. The summed E-state index contributed by atoms with van der Waals surface area (Å²) < 4.78 is 6.90. The number of benzene rings is 1. The lowest BCUT2D eigenvalue weighted by Gasteiger charge is -2.11. The second-order valence-electron chi connectivity index (χ2n) is 7.32. The highest BCUT2D eigenvalue weighted by Crippen LogP contribution is 2.17. The molecule has 1 unspecified atom stereocenters. The van der Waals surface area contributed by atoms with Crippen molar-refractivity contribution in [1.29, 1.82) is 0 Å². The van der Waals surface area contributed by atoms with Gasteiger partial charge in [0, 0.05) is 24.2 Å². The fraction of sp³-hybridized carbons (Fsp3) is 0.333. The molecule has 2 amide bonds. The largest absolute Gasteiger partial charge is 0.361 e. The molecule has 3 aromatic rings.